The predicted molar refractivity (Wildman–Crippen MR) is 102 cm³/mol. The minimum Gasteiger partial charge on any atom is -0.360 e. The van der Waals surface area contributed by atoms with Gasteiger partial charge in [-0.05, 0) is 44.7 Å². The van der Waals surface area contributed by atoms with Crippen LogP contribution in [-0.4, -0.2) is 16.6 Å². The van der Waals surface area contributed by atoms with Crippen molar-refractivity contribution in [1.29, 1.82) is 0 Å². The van der Waals surface area contributed by atoms with Gasteiger partial charge in [0.2, 0.25) is 0 Å². The van der Waals surface area contributed by atoms with Crippen molar-refractivity contribution in [2.45, 2.75) is 53.5 Å². The standard InChI is InChI=1S/C19H24Cl2N2O2/c1-11-14(17(24)22-19(5,6)10-18(2,3)4)16(23-25-11)15-12(20)8-7-9-13(15)21/h7-9H,10H2,1-6H3,(H,22,24). The van der Waals surface area contributed by atoms with Crippen LogP contribution in [0.4, 0.5) is 0 Å². The molecule has 0 radical (unpaired) electrons. The second-order valence-electron chi connectivity index (χ2n) is 8.13. The molecule has 1 aromatic carbocycles. The first-order valence-electron chi connectivity index (χ1n) is 8.14. The van der Waals surface area contributed by atoms with Gasteiger partial charge in [-0.1, -0.05) is 55.2 Å². The lowest BCUT2D eigenvalue weighted by molar-refractivity contribution is 0.0890. The van der Waals surface area contributed by atoms with Gasteiger partial charge in [0.15, 0.2) is 0 Å². The number of nitrogens with one attached hydrogen (secondary N) is 1. The van der Waals surface area contributed by atoms with Gasteiger partial charge < -0.3 is 9.84 Å². The van der Waals surface area contributed by atoms with Gasteiger partial charge >= 0.3 is 0 Å². The normalized spacial score (nSPS) is 12.3. The van der Waals surface area contributed by atoms with Gasteiger partial charge in [0, 0.05) is 11.1 Å². The second-order valence-corrected chi connectivity index (χ2v) is 8.95. The van der Waals surface area contributed by atoms with Crippen molar-refractivity contribution in [3.05, 3.63) is 39.6 Å². The third-order valence-electron chi connectivity index (χ3n) is 3.71. The van der Waals surface area contributed by atoms with Crippen LogP contribution < -0.4 is 5.32 Å². The highest BCUT2D eigenvalue weighted by Gasteiger charge is 2.31. The SMILES string of the molecule is Cc1onc(-c2c(Cl)cccc2Cl)c1C(=O)NC(C)(C)CC(C)(C)C. The average molecular weight is 383 g/mol. The Morgan fingerprint density at radius 1 is 1.16 bits per heavy atom. The first-order valence-corrected chi connectivity index (χ1v) is 8.90. The number of nitrogens with zero attached hydrogens (tertiary/aromatic N) is 1. The van der Waals surface area contributed by atoms with E-state index in [1.807, 2.05) is 13.8 Å². The first-order chi connectivity index (χ1) is 11.4. The molecule has 0 saturated carbocycles. The predicted octanol–water partition coefficient (Wildman–Crippen LogP) is 5.90. The van der Waals surface area contributed by atoms with Crippen LogP contribution in [0, 0.1) is 12.3 Å². The Labute approximate surface area is 158 Å². The van der Waals surface area contributed by atoms with Crippen molar-refractivity contribution in [2.75, 3.05) is 0 Å². The number of aryl methyl sites for hydroxylation is 1. The molecule has 0 aliphatic rings. The summed E-state index contributed by atoms with van der Waals surface area (Å²) in [6, 6.07) is 5.16. The van der Waals surface area contributed by atoms with E-state index in [1.54, 1.807) is 25.1 Å². The van der Waals surface area contributed by atoms with Crippen LogP contribution in [0.1, 0.15) is 57.2 Å². The van der Waals surface area contributed by atoms with Crippen LogP contribution in [0.15, 0.2) is 22.7 Å². The van der Waals surface area contributed by atoms with E-state index in [0.29, 0.717) is 32.6 Å². The van der Waals surface area contributed by atoms with Crippen LogP contribution in [-0.2, 0) is 0 Å². The number of carbonyl (C=O) groups is 1. The molecule has 4 nitrogen and oxygen atoms in total. The van der Waals surface area contributed by atoms with Crippen molar-refractivity contribution < 1.29 is 9.32 Å². The van der Waals surface area contributed by atoms with Crippen LogP contribution in [0.3, 0.4) is 0 Å². The Morgan fingerprint density at radius 2 is 1.72 bits per heavy atom. The highest BCUT2D eigenvalue weighted by atomic mass is 35.5. The van der Waals surface area contributed by atoms with Crippen LogP contribution >= 0.6 is 23.2 Å². The number of carbonyl (C=O) groups excluding carboxylic acids is 1. The van der Waals surface area contributed by atoms with Gasteiger partial charge in [-0.2, -0.15) is 0 Å². The number of amides is 1. The van der Waals surface area contributed by atoms with Crippen molar-refractivity contribution in [3.8, 4) is 11.3 Å². The fourth-order valence-corrected chi connectivity index (χ4v) is 3.85. The number of halogens is 2. The van der Waals surface area contributed by atoms with E-state index in [2.05, 4.69) is 31.2 Å². The van der Waals surface area contributed by atoms with E-state index < -0.39 is 0 Å². The summed E-state index contributed by atoms with van der Waals surface area (Å²) < 4.78 is 5.27. The van der Waals surface area contributed by atoms with Crippen molar-refractivity contribution in [2.24, 2.45) is 5.41 Å². The maximum absolute atomic E-state index is 12.9. The lowest BCUT2D eigenvalue weighted by atomic mass is 9.81. The molecule has 0 fully saturated rings. The maximum atomic E-state index is 12.9. The minimum atomic E-state index is -0.388. The molecule has 1 amide bonds. The highest BCUT2D eigenvalue weighted by Crippen LogP contribution is 2.37. The van der Waals surface area contributed by atoms with Gasteiger partial charge in [0.05, 0.1) is 10.0 Å². The lowest BCUT2D eigenvalue weighted by Gasteiger charge is -2.33. The number of hydrogen-bond donors (Lipinski definition) is 1. The molecule has 1 heterocycles. The molecule has 0 spiro atoms. The Kier molecular flexibility index (Phi) is 5.55. The van der Waals surface area contributed by atoms with Crippen molar-refractivity contribution >= 4 is 29.1 Å². The molecule has 2 aromatic rings. The molecule has 25 heavy (non-hydrogen) atoms. The largest absolute Gasteiger partial charge is 0.360 e. The molecule has 0 aliphatic carbocycles. The Hall–Kier alpha value is -1.52. The summed E-state index contributed by atoms with van der Waals surface area (Å²) in [5.74, 6) is 0.175. The van der Waals surface area contributed by atoms with E-state index in [0.717, 1.165) is 6.42 Å². The summed E-state index contributed by atoms with van der Waals surface area (Å²) in [6.45, 7) is 12.1. The molecule has 1 N–H and O–H groups in total. The average Bonchev–Trinajstić information content (AvgIpc) is 2.76. The van der Waals surface area contributed by atoms with E-state index in [9.17, 15) is 4.79 Å². The number of rotatable bonds is 4. The van der Waals surface area contributed by atoms with Gasteiger partial charge in [-0.3, -0.25) is 4.79 Å². The van der Waals surface area contributed by atoms with Crippen LogP contribution in [0.25, 0.3) is 11.3 Å². The summed E-state index contributed by atoms with van der Waals surface area (Å²) in [5.41, 5.74) is 0.909. The Balaban J connectivity index is 2.41. The fourth-order valence-electron chi connectivity index (χ4n) is 3.27. The van der Waals surface area contributed by atoms with E-state index >= 15 is 0 Å². The number of hydrogen-bond acceptors (Lipinski definition) is 3. The van der Waals surface area contributed by atoms with Crippen LogP contribution in [0.2, 0.25) is 10.0 Å². The fraction of sp³-hybridized carbons (Fsp3) is 0.474. The van der Waals surface area contributed by atoms with Gasteiger partial charge in [0.1, 0.15) is 17.0 Å². The smallest absolute Gasteiger partial charge is 0.257 e. The third-order valence-corrected chi connectivity index (χ3v) is 4.34. The first kappa shape index (κ1) is 19.8. The zero-order chi connectivity index (χ0) is 19.0. The number of benzene rings is 1. The van der Waals surface area contributed by atoms with E-state index in [4.69, 9.17) is 27.7 Å². The Morgan fingerprint density at radius 3 is 2.24 bits per heavy atom. The topological polar surface area (TPSA) is 55.1 Å². The molecular weight excluding hydrogens is 359 g/mol. The summed E-state index contributed by atoms with van der Waals surface area (Å²) in [5, 5.41) is 7.95. The molecule has 0 saturated heterocycles. The second kappa shape index (κ2) is 7.00. The summed E-state index contributed by atoms with van der Waals surface area (Å²) in [6.07, 6.45) is 0.818. The molecule has 1 aromatic heterocycles. The van der Waals surface area contributed by atoms with Crippen LogP contribution in [0.5, 0.6) is 0 Å². The summed E-state index contributed by atoms with van der Waals surface area (Å²) in [7, 11) is 0. The molecule has 0 atom stereocenters. The molecule has 0 bridgehead atoms. The van der Waals surface area contributed by atoms with E-state index in [-0.39, 0.29) is 16.9 Å². The molecule has 2 rings (SSSR count). The highest BCUT2D eigenvalue weighted by molar-refractivity contribution is 6.39. The van der Waals surface area contributed by atoms with E-state index in [1.165, 1.54) is 0 Å². The minimum absolute atomic E-state index is 0.0787. The monoisotopic (exact) mass is 382 g/mol. The third kappa shape index (κ3) is 4.77. The zero-order valence-corrected chi connectivity index (χ0v) is 17.0. The summed E-state index contributed by atoms with van der Waals surface area (Å²) in [4.78, 5) is 12.9. The molecule has 6 heteroatoms. The maximum Gasteiger partial charge on any atom is 0.257 e. The molecule has 136 valence electrons. The Bertz CT molecular complexity index is 769. The number of aromatic nitrogens is 1. The van der Waals surface area contributed by atoms with Gasteiger partial charge in [-0.25, -0.2) is 0 Å². The van der Waals surface area contributed by atoms with Gasteiger partial charge in [0.25, 0.3) is 5.91 Å². The zero-order valence-electron chi connectivity index (χ0n) is 15.5. The molecule has 0 unspecified atom stereocenters. The lowest BCUT2D eigenvalue weighted by Crippen LogP contribution is -2.46. The van der Waals surface area contributed by atoms with Crippen molar-refractivity contribution in [3.63, 3.8) is 0 Å². The van der Waals surface area contributed by atoms with Gasteiger partial charge in [-0.15, -0.1) is 0 Å². The van der Waals surface area contributed by atoms with Crippen molar-refractivity contribution in [1.82, 2.24) is 10.5 Å². The molecule has 0 aliphatic heterocycles. The quantitative estimate of drug-likeness (QED) is 0.715. The summed E-state index contributed by atoms with van der Waals surface area (Å²) >= 11 is 12.5. The molecular formula is C19H24Cl2N2O2.